The van der Waals surface area contributed by atoms with E-state index in [9.17, 15) is 34.1 Å². The predicted molar refractivity (Wildman–Crippen MR) is 249 cm³/mol. The van der Waals surface area contributed by atoms with Crippen LogP contribution in [0.25, 0.3) is 0 Å². The monoisotopic (exact) mass is 950 g/mol. The van der Waals surface area contributed by atoms with Crippen LogP contribution in [-0.4, -0.2) is 125 Å². The molecule has 2 rings (SSSR count). The standard InChI is InChI=1S/C47H75N5O15/c1-30-36(40(53)60-12)39(37(31(2)51-30)41(54)61-13)38-34(19-28-64-25-16-22-50-44(57)67-47(9,10)11)33(18-27-63-24-15-21-49-43(56)66-46(6,7)8)32(29-35(38)52(58)59)17-26-62-23-14-20-48-42(55)65-45(3,4)5/h29,39,51H,14-28H2,1-13H3,(H,48,55)(H,49,56)(H,50,57). The maximum absolute atomic E-state index is 13.7. The lowest BCUT2D eigenvalue weighted by atomic mass is 9.75. The van der Waals surface area contributed by atoms with Gasteiger partial charge in [0.05, 0.1) is 56.0 Å². The van der Waals surface area contributed by atoms with Gasteiger partial charge in [0.2, 0.25) is 0 Å². The number of carbonyl (C=O) groups is 5. The number of hydrogen-bond acceptors (Lipinski definition) is 16. The maximum atomic E-state index is 13.7. The molecule has 0 spiro atoms. The molecule has 0 aromatic heterocycles. The first-order valence-corrected chi connectivity index (χ1v) is 22.6. The second-order valence-electron chi connectivity index (χ2n) is 18.7. The average Bonchev–Trinajstić information content (AvgIpc) is 3.20. The summed E-state index contributed by atoms with van der Waals surface area (Å²) in [6.45, 7) is 21.1. The van der Waals surface area contributed by atoms with Crippen molar-refractivity contribution in [1.82, 2.24) is 21.3 Å². The Kier molecular flexibility index (Phi) is 23.6. The van der Waals surface area contributed by atoms with E-state index in [-0.39, 0.29) is 87.8 Å². The first-order valence-electron chi connectivity index (χ1n) is 22.6. The van der Waals surface area contributed by atoms with E-state index in [1.54, 1.807) is 76.2 Å². The minimum absolute atomic E-state index is 0.0113. The van der Waals surface area contributed by atoms with Crippen molar-refractivity contribution < 1.29 is 66.8 Å². The normalized spacial score (nSPS) is 13.4. The highest BCUT2D eigenvalue weighted by Gasteiger charge is 2.43. The number of nitrogens with one attached hydrogen (secondary N) is 4. The van der Waals surface area contributed by atoms with Crippen LogP contribution in [-0.2, 0) is 66.7 Å². The van der Waals surface area contributed by atoms with Gasteiger partial charge in [-0.05, 0) is 131 Å². The lowest BCUT2D eigenvalue weighted by Crippen LogP contribution is -2.33. The third-order valence-electron chi connectivity index (χ3n) is 9.63. The zero-order valence-electron chi connectivity index (χ0n) is 41.8. The fraction of sp³-hybridized carbons (Fsp3) is 0.681. The Hall–Kier alpha value is -5.47. The van der Waals surface area contributed by atoms with Crippen molar-refractivity contribution in [2.24, 2.45) is 0 Å². The minimum atomic E-state index is -1.30. The van der Waals surface area contributed by atoms with E-state index in [1.807, 2.05) is 0 Å². The van der Waals surface area contributed by atoms with E-state index in [0.29, 0.717) is 60.4 Å². The van der Waals surface area contributed by atoms with Crippen LogP contribution in [0.15, 0.2) is 28.6 Å². The van der Waals surface area contributed by atoms with Crippen LogP contribution < -0.4 is 21.3 Å². The average molecular weight is 950 g/mol. The lowest BCUT2D eigenvalue weighted by Gasteiger charge is -2.32. The van der Waals surface area contributed by atoms with Gasteiger partial charge in [0.25, 0.3) is 5.69 Å². The molecule has 20 nitrogen and oxygen atoms in total. The summed E-state index contributed by atoms with van der Waals surface area (Å²) < 4.78 is 44.4. The van der Waals surface area contributed by atoms with E-state index in [4.69, 9.17) is 37.9 Å². The third kappa shape index (κ3) is 20.9. The van der Waals surface area contributed by atoms with Crippen LogP contribution in [0, 0.1) is 10.1 Å². The van der Waals surface area contributed by atoms with Crippen LogP contribution in [0.4, 0.5) is 20.1 Å². The molecule has 1 heterocycles. The summed E-state index contributed by atoms with van der Waals surface area (Å²) in [5, 5.41) is 24.5. The number of amides is 3. The molecule has 1 aliphatic rings. The molecule has 0 atom stereocenters. The summed E-state index contributed by atoms with van der Waals surface area (Å²) in [7, 11) is 2.37. The summed E-state index contributed by atoms with van der Waals surface area (Å²) in [6.07, 6.45) is 0.268. The lowest BCUT2D eigenvalue weighted by molar-refractivity contribution is -0.385. The Bertz CT molecular complexity index is 1890. The number of benzene rings is 1. The zero-order valence-corrected chi connectivity index (χ0v) is 41.8. The number of allylic oxidation sites excluding steroid dienone is 2. The van der Waals surface area contributed by atoms with E-state index < -0.39 is 57.9 Å². The molecule has 0 bridgehead atoms. The number of nitro groups is 1. The smallest absolute Gasteiger partial charge is 0.407 e. The van der Waals surface area contributed by atoms with E-state index in [1.165, 1.54) is 20.3 Å². The zero-order chi connectivity index (χ0) is 50.5. The van der Waals surface area contributed by atoms with E-state index in [0.717, 1.165) is 0 Å². The second-order valence-corrected chi connectivity index (χ2v) is 18.7. The van der Waals surface area contributed by atoms with E-state index >= 15 is 0 Å². The number of ether oxygens (including phenoxy) is 8. The van der Waals surface area contributed by atoms with Gasteiger partial charge in [-0.25, -0.2) is 24.0 Å². The largest absolute Gasteiger partial charge is 0.466 e. The molecule has 20 heteroatoms. The van der Waals surface area contributed by atoms with Crippen LogP contribution in [0.2, 0.25) is 0 Å². The number of carbonyl (C=O) groups excluding carboxylic acids is 5. The Morgan fingerprint density at radius 1 is 0.597 bits per heavy atom. The van der Waals surface area contributed by atoms with Crippen LogP contribution >= 0.6 is 0 Å². The summed E-state index contributed by atoms with van der Waals surface area (Å²) in [5.41, 5.74) is 0.126. The van der Waals surface area contributed by atoms with Crippen molar-refractivity contribution >= 4 is 35.9 Å². The summed E-state index contributed by atoms with van der Waals surface area (Å²) in [4.78, 5) is 76.6. The Balaban J connectivity index is 2.64. The molecule has 0 saturated carbocycles. The number of alkyl carbamates (subject to hydrolysis) is 3. The summed E-state index contributed by atoms with van der Waals surface area (Å²) >= 11 is 0. The van der Waals surface area contributed by atoms with E-state index in [2.05, 4.69) is 21.3 Å². The summed E-state index contributed by atoms with van der Waals surface area (Å²) in [5.74, 6) is -2.90. The molecule has 67 heavy (non-hydrogen) atoms. The molecule has 0 aliphatic carbocycles. The van der Waals surface area contributed by atoms with Crippen LogP contribution in [0.1, 0.15) is 124 Å². The van der Waals surface area contributed by atoms with Gasteiger partial charge in [0, 0.05) is 62.5 Å². The molecule has 0 fully saturated rings. The molecule has 3 amide bonds. The number of dihydropyridines is 1. The fourth-order valence-corrected chi connectivity index (χ4v) is 7.05. The number of nitrogens with zero attached hydrogens (tertiary/aromatic N) is 1. The van der Waals surface area contributed by atoms with Crippen molar-refractivity contribution in [3.8, 4) is 0 Å². The van der Waals surface area contributed by atoms with Gasteiger partial charge in [-0.2, -0.15) is 0 Å². The molecular formula is C47H75N5O15. The van der Waals surface area contributed by atoms with Gasteiger partial charge in [-0.3, -0.25) is 10.1 Å². The fourth-order valence-electron chi connectivity index (χ4n) is 7.05. The van der Waals surface area contributed by atoms with Crippen molar-refractivity contribution in [2.45, 2.75) is 137 Å². The Labute approximate surface area is 395 Å². The topological polar surface area (TPSA) is 250 Å². The highest BCUT2D eigenvalue weighted by atomic mass is 16.6. The van der Waals surface area contributed by atoms with Crippen LogP contribution in [0.3, 0.4) is 0 Å². The molecule has 4 N–H and O–H groups in total. The van der Waals surface area contributed by atoms with Gasteiger partial charge in [-0.1, -0.05) is 0 Å². The molecule has 1 aliphatic heterocycles. The molecule has 0 radical (unpaired) electrons. The predicted octanol–water partition coefficient (Wildman–Crippen LogP) is 6.60. The molecule has 0 saturated heterocycles. The quantitative estimate of drug-likeness (QED) is 0.0265. The van der Waals surface area contributed by atoms with Gasteiger partial charge < -0.3 is 59.2 Å². The van der Waals surface area contributed by atoms with Gasteiger partial charge in [0.15, 0.2) is 0 Å². The number of nitro benzene ring substituents is 1. The van der Waals surface area contributed by atoms with Crippen LogP contribution in [0.5, 0.6) is 0 Å². The van der Waals surface area contributed by atoms with Crippen molar-refractivity contribution in [2.75, 3.05) is 73.5 Å². The van der Waals surface area contributed by atoms with Gasteiger partial charge in [-0.15, -0.1) is 0 Å². The number of rotatable bonds is 25. The molecule has 1 aromatic carbocycles. The molecule has 378 valence electrons. The van der Waals surface area contributed by atoms with Gasteiger partial charge >= 0.3 is 30.2 Å². The first-order chi connectivity index (χ1) is 31.3. The Morgan fingerprint density at radius 3 is 1.30 bits per heavy atom. The minimum Gasteiger partial charge on any atom is -0.466 e. The second kappa shape index (κ2) is 27.4. The van der Waals surface area contributed by atoms with Crippen molar-refractivity contribution in [3.63, 3.8) is 0 Å². The van der Waals surface area contributed by atoms with Gasteiger partial charge in [0.1, 0.15) is 16.8 Å². The number of esters is 2. The molecule has 1 aromatic rings. The summed E-state index contributed by atoms with van der Waals surface area (Å²) in [6, 6.07) is 1.45. The number of hydrogen-bond donors (Lipinski definition) is 4. The van der Waals surface area contributed by atoms with Crippen molar-refractivity contribution in [3.05, 3.63) is 61.0 Å². The molecular weight excluding hydrogens is 875 g/mol. The highest BCUT2D eigenvalue weighted by Crippen LogP contribution is 2.46. The SMILES string of the molecule is COC(=O)C1=C(C)NC(C)=C(C(=O)OC)C1c1c([N+](=O)[O-])cc(CCOCCCNC(=O)OC(C)(C)C)c(CCOCCCNC(=O)OC(C)(C)C)c1CCOCCCNC(=O)OC(C)(C)C. The van der Waals surface area contributed by atoms with Crippen molar-refractivity contribution in [1.29, 1.82) is 0 Å². The number of methoxy groups -OCH3 is 2. The Morgan fingerprint density at radius 2 is 0.955 bits per heavy atom. The highest BCUT2D eigenvalue weighted by molar-refractivity contribution is 6.00. The first kappa shape index (κ1) is 57.7. The maximum Gasteiger partial charge on any atom is 0.407 e. The molecule has 0 unspecified atom stereocenters. The third-order valence-corrected chi connectivity index (χ3v) is 9.63.